The molecule has 3 atom stereocenters. The van der Waals surface area contributed by atoms with E-state index in [0.717, 1.165) is 58.8 Å². The fourth-order valence-corrected chi connectivity index (χ4v) is 2.93. The van der Waals surface area contributed by atoms with Gasteiger partial charge in [0.2, 0.25) is 0 Å². The molecular formula is C14H30MnN4O. The number of aliphatic hydroxyl groups is 1. The van der Waals surface area contributed by atoms with Gasteiger partial charge in [0.1, 0.15) is 6.23 Å². The van der Waals surface area contributed by atoms with E-state index in [9.17, 15) is 5.11 Å². The predicted octanol–water partition coefficient (Wildman–Crippen LogP) is -0.423. The number of nitrogens with zero attached hydrogens (tertiary/aromatic N) is 4. The Balaban J connectivity index is 0.00000200. The molecule has 2 bridgehead atoms. The van der Waals surface area contributed by atoms with E-state index in [4.69, 9.17) is 0 Å². The van der Waals surface area contributed by atoms with Gasteiger partial charge in [0.05, 0.1) is 0 Å². The molecule has 2 fully saturated rings. The number of likely N-dealkylation sites (N-methyl/N-ethyl adjacent to an activating group) is 2. The first kappa shape index (κ1) is 18.4. The molecule has 0 aliphatic carbocycles. The molecule has 0 spiro atoms. The molecule has 6 heteroatoms. The first-order chi connectivity index (χ1) is 9.15. The van der Waals surface area contributed by atoms with Gasteiger partial charge in [-0.25, -0.2) is 0 Å². The summed E-state index contributed by atoms with van der Waals surface area (Å²) in [5.74, 6) is 0. The fraction of sp³-hybridized carbons (Fsp3) is 1.00. The number of aliphatic hydroxyl groups excluding tert-OH is 1. The number of hydrogen-bond donors (Lipinski definition) is 1. The topological polar surface area (TPSA) is 33.2 Å². The largest absolute Gasteiger partial charge is 0.378 e. The first-order valence-corrected chi connectivity index (χ1v) is 7.67. The van der Waals surface area contributed by atoms with E-state index in [1.165, 1.54) is 13.0 Å². The summed E-state index contributed by atoms with van der Waals surface area (Å²) >= 11 is 0. The van der Waals surface area contributed by atoms with Crippen LogP contribution in [0.2, 0.25) is 0 Å². The maximum absolute atomic E-state index is 10.4. The maximum Gasteiger partial charge on any atom is 0.108 e. The van der Waals surface area contributed by atoms with Gasteiger partial charge in [-0.15, -0.1) is 0 Å². The third-order valence-electron chi connectivity index (χ3n) is 4.48. The van der Waals surface area contributed by atoms with Crippen LogP contribution in [-0.4, -0.2) is 104 Å². The molecule has 1 N–H and O–H groups in total. The Morgan fingerprint density at radius 3 is 2.15 bits per heavy atom. The zero-order chi connectivity index (χ0) is 13.7. The summed E-state index contributed by atoms with van der Waals surface area (Å²) in [5, 5.41) is 10.4. The summed E-state index contributed by atoms with van der Waals surface area (Å²) < 4.78 is 0. The summed E-state index contributed by atoms with van der Waals surface area (Å²) in [6, 6.07) is 0. The van der Waals surface area contributed by atoms with Crippen molar-refractivity contribution in [2.45, 2.75) is 19.1 Å². The van der Waals surface area contributed by atoms with E-state index in [0.29, 0.717) is 0 Å². The van der Waals surface area contributed by atoms with E-state index < -0.39 is 0 Å². The summed E-state index contributed by atoms with van der Waals surface area (Å²) in [5.41, 5.74) is 0. The SMILES string of the molecule is CN1CCC(O)N2CCN(C)CCCN(CC1)CC2.[Mn]. The average molecular weight is 325 g/mol. The van der Waals surface area contributed by atoms with E-state index in [1.54, 1.807) is 0 Å². The third kappa shape index (κ3) is 5.98. The van der Waals surface area contributed by atoms with Crippen molar-refractivity contribution in [2.24, 2.45) is 0 Å². The molecule has 2 aliphatic heterocycles. The zero-order valence-corrected chi connectivity index (χ0v) is 14.1. The van der Waals surface area contributed by atoms with Crippen molar-refractivity contribution in [3.05, 3.63) is 0 Å². The fourth-order valence-electron chi connectivity index (χ4n) is 2.93. The van der Waals surface area contributed by atoms with Crippen LogP contribution in [0.25, 0.3) is 0 Å². The van der Waals surface area contributed by atoms with Crippen molar-refractivity contribution in [1.29, 1.82) is 0 Å². The van der Waals surface area contributed by atoms with Gasteiger partial charge in [0, 0.05) is 62.9 Å². The Morgan fingerprint density at radius 1 is 0.750 bits per heavy atom. The number of rotatable bonds is 0. The van der Waals surface area contributed by atoms with Gasteiger partial charge in [-0.1, -0.05) is 0 Å². The molecule has 0 aromatic carbocycles. The Hall–Kier alpha value is 0.319. The van der Waals surface area contributed by atoms with Crippen LogP contribution in [0.4, 0.5) is 0 Å². The maximum atomic E-state index is 10.4. The monoisotopic (exact) mass is 325 g/mol. The molecule has 3 unspecified atom stereocenters. The smallest absolute Gasteiger partial charge is 0.108 e. The van der Waals surface area contributed by atoms with Crippen LogP contribution in [-0.2, 0) is 17.1 Å². The molecule has 0 saturated carbocycles. The molecule has 2 saturated heterocycles. The van der Waals surface area contributed by atoms with Gasteiger partial charge in [-0.3, -0.25) is 4.90 Å². The van der Waals surface area contributed by atoms with Crippen LogP contribution in [0.5, 0.6) is 0 Å². The van der Waals surface area contributed by atoms with E-state index in [1.807, 2.05) is 0 Å². The Morgan fingerprint density at radius 2 is 1.35 bits per heavy atom. The summed E-state index contributed by atoms with van der Waals surface area (Å²) in [6.45, 7) is 9.74. The van der Waals surface area contributed by atoms with Gasteiger partial charge in [0.15, 0.2) is 0 Å². The Labute approximate surface area is 134 Å². The molecular weight excluding hydrogens is 295 g/mol. The molecule has 2 heterocycles. The van der Waals surface area contributed by atoms with Gasteiger partial charge >= 0.3 is 0 Å². The summed E-state index contributed by atoms with van der Waals surface area (Å²) in [7, 11) is 4.35. The average Bonchev–Trinajstić information content (AvgIpc) is 2.40. The third-order valence-corrected chi connectivity index (χ3v) is 4.48. The Kier molecular flexibility index (Phi) is 8.60. The summed E-state index contributed by atoms with van der Waals surface area (Å²) in [4.78, 5) is 9.55. The van der Waals surface area contributed by atoms with Crippen molar-refractivity contribution >= 4 is 0 Å². The van der Waals surface area contributed by atoms with Crippen LogP contribution in [0, 0.1) is 0 Å². The van der Waals surface area contributed by atoms with Crippen molar-refractivity contribution < 1.29 is 22.2 Å². The molecule has 0 amide bonds. The molecule has 2 rings (SSSR count). The van der Waals surface area contributed by atoms with Crippen LogP contribution < -0.4 is 0 Å². The minimum Gasteiger partial charge on any atom is -0.378 e. The second-order valence-corrected chi connectivity index (χ2v) is 6.11. The second-order valence-electron chi connectivity index (χ2n) is 6.11. The minimum absolute atomic E-state index is 0. The van der Waals surface area contributed by atoms with Crippen molar-refractivity contribution in [2.75, 3.05) is 73.0 Å². The van der Waals surface area contributed by atoms with Gasteiger partial charge in [0.25, 0.3) is 0 Å². The van der Waals surface area contributed by atoms with Crippen molar-refractivity contribution in [3.8, 4) is 0 Å². The normalized spacial score (nSPS) is 35.2. The van der Waals surface area contributed by atoms with Crippen LogP contribution in [0.15, 0.2) is 0 Å². The van der Waals surface area contributed by atoms with E-state index >= 15 is 0 Å². The zero-order valence-electron chi connectivity index (χ0n) is 13.0. The van der Waals surface area contributed by atoms with Crippen LogP contribution in [0.1, 0.15) is 12.8 Å². The first-order valence-electron chi connectivity index (χ1n) is 7.67. The summed E-state index contributed by atoms with van der Waals surface area (Å²) in [6.07, 6.45) is 1.83. The molecule has 20 heavy (non-hydrogen) atoms. The van der Waals surface area contributed by atoms with E-state index in [2.05, 4.69) is 33.7 Å². The quantitative estimate of drug-likeness (QED) is 0.612. The van der Waals surface area contributed by atoms with Gasteiger partial charge in [-0.05, 0) is 40.0 Å². The van der Waals surface area contributed by atoms with E-state index in [-0.39, 0.29) is 23.3 Å². The second kappa shape index (κ2) is 9.36. The van der Waals surface area contributed by atoms with Crippen LogP contribution in [0.3, 0.4) is 0 Å². The van der Waals surface area contributed by atoms with Crippen LogP contribution >= 0.6 is 0 Å². The van der Waals surface area contributed by atoms with Crippen molar-refractivity contribution in [3.63, 3.8) is 0 Å². The molecule has 119 valence electrons. The van der Waals surface area contributed by atoms with Crippen molar-refractivity contribution in [1.82, 2.24) is 19.6 Å². The number of hydrogen-bond acceptors (Lipinski definition) is 5. The molecule has 0 aromatic heterocycles. The number of fused-ring (bicyclic) bond motifs is 3. The molecule has 0 aromatic rings. The van der Waals surface area contributed by atoms with Gasteiger partial charge in [-0.2, -0.15) is 0 Å². The Bertz CT molecular complexity index is 268. The predicted molar refractivity (Wildman–Crippen MR) is 78.2 cm³/mol. The molecule has 1 radical (unpaired) electrons. The molecule has 2 aliphatic rings. The molecule has 5 nitrogen and oxygen atoms in total. The minimum atomic E-state index is -0.282. The van der Waals surface area contributed by atoms with Gasteiger partial charge < -0.3 is 19.8 Å². The standard InChI is InChI=1S/C14H30N4O.Mn/c1-15-5-3-6-17-10-8-16(2)7-4-14(19)18(12-9-15)13-11-17;/h14,19H,3-13H2,1-2H3;.